The molecule has 0 aliphatic carbocycles. The Morgan fingerprint density at radius 2 is 2.20 bits per heavy atom. The van der Waals surface area contributed by atoms with E-state index in [2.05, 4.69) is 34.3 Å². The fourth-order valence-corrected chi connectivity index (χ4v) is 3.57. The summed E-state index contributed by atoms with van der Waals surface area (Å²) in [6.45, 7) is 6.67. The van der Waals surface area contributed by atoms with Crippen molar-refractivity contribution in [1.29, 1.82) is 0 Å². The number of rotatable bonds is 5. The highest BCUT2D eigenvalue weighted by atomic mass is 16.1. The van der Waals surface area contributed by atoms with Gasteiger partial charge < -0.3 is 10.2 Å². The molecule has 1 saturated heterocycles. The van der Waals surface area contributed by atoms with Gasteiger partial charge in [0, 0.05) is 25.0 Å². The van der Waals surface area contributed by atoms with Gasteiger partial charge in [0.15, 0.2) is 5.82 Å². The van der Waals surface area contributed by atoms with Crippen molar-refractivity contribution in [1.82, 2.24) is 25.0 Å². The van der Waals surface area contributed by atoms with E-state index < -0.39 is 0 Å². The number of hydrogen-bond donors (Lipinski definition) is 1. The molecule has 25 heavy (non-hydrogen) atoms. The smallest absolute Gasteiger partial charge is 0.224 e. The maximum Gasteiger partial charge on any atom is 0.224 e. The Balaban J connectivity index is 1.60. The molecule has 1 aliphatic heterocycles. The number of aromatic nitrogens is 3. The Bertz CT molecular complexity index is 725. The van der Waals surface area contributed by atoms with Gasteiger partial charge in [0.1, 0.15) is 0 Å². The first-order chi connectivity index (χ1) is 12.1. The lowest BCUT2D eigenvalue weighted by Gasteiger charge is -2.28. The summed E-state index contributed by atoms with van der Waals surface area (Å²) in [5, 5.41) is 7.72. The van der Waals surface area contributed by atoms with Crippen LogP contribution < -0.4 is 5.32 Å². The summed E-state index contributed by atoms with van der Waals surface area (Å²) in [7, 11) is 2.08. The molecule has 134 valence electrons. The Morgan fingerprint density at radius 1 is 1.36 bits per heavy atom. The van der Waals surface area contributed by atoms with Gasteiger partial charge in [-0.05, 0) is 64.4 Å². The molecule has 1 aliphatic rings. The summed E-state index contributed by atoms with van der Waals surface area (Å²) >= 11 is 0. The van der Waals surface area contributed by atoms with Crippen LogP contribution in [0.25, 0.3) is 5.82 Å². The monoisotopic (exact) mass is 341 g/mol. The average Bonchev–Trinajstić information content (AvgIpc) is 2.90. The van der Waals surface area contributed by atoms with Crippen molar-refractivity contribution in [2.24, 2.45) is 5.92 Å². The van der Waals surface area contributed by atoms with Crippen LogP contribution in [-0.2, 0) is 11.2 Å². The number of piperidine rings is 1. The van der Waals surface area contributed by atoms with Crippen molar-refractivity contribution in [3.05, 3.63) is 41.3 Å². The van der Waals surface area contributed by atoms with Crippen molar-refractivity contribution >= 4 is 5.91 Å². The molecule has 1 atom stereocenters. The third-order valence-electron chi connectivity index (χ3n) is 4.98. The lowest BCUT2D eigenvalue weighted by Crippen LogP contribution is -2.41. The molecule has 0 radical (unpaired) electrons. The predicted octanol–water partition coefficient (Wildman–Crippen LogP) is 1.88. The van der Waals surface area contributed by atoms with Crippen LogP contribution in [-0.4, -0.2) is 52.3 Å². The molecule has 6 heteroatoms. The maximum atomic E-state index is 12.4. The SMILES string of the molecule is Cc1nn(-c2ccccn2)c(C)c1CCNC(=O)C1CCCN(C)C1. The molecule has 1 amide bonds. The Kier molecular flexibility index (Phi) is 5.48. The summed E-state index contributed by atoms with van der Waals surface area (Å²) in [6.07, 6.45) is 4.65. The molecule has 0 bridgehead atoms. The number of pyridine rings is 1. The van der Waals surface area contributed by atoms with E-state index in [9.17, 15) is 4.79 Å². The summed E-state index contributed by atoms with van der Waals surface area (Å²) < 4.78 is 1.88. The van der Waals surface area contributed by atoms with Gasteiger partial charge in [0.05, 0.1) is 11.6 Å². The maximum absolute atomic E-state index is 12.4. The van der Waals surface area contributed by atoms with E-state index in [4.69, 9.17) is 0 Å². The van der Waals surface area contributed by atoms with Crippen molar-refractivity contribution < 1.29 is 4.79 Å². The second-order valence-corrected chi connectivity index (χ2v) is 6.89. The van der Waals surface area contributed by atoms with Gasteiger partial charge in [-0.25, -0.2) is 9.67 Å². The van der Waals surface area contributed by atoms with Crippen LogP contribution in [0.1, 0.15) is 29.8 Å². The Hall–Kier alpha value is -2.21. The Labute approximate surface area is 149 Å². The summed E-state index contributed by atoms with van der Waals surface area (Å²) in [6, 6.07) is 5.80. The highest BCUT2D eigenvalue weighted by Crippen LogP contribution is 2.18. The fourth-order valence-electron chi connectivity index (χ4n) is 3.57. The zero-order valence-corrected chi connectivity index (χ0v) is 15.3. The van der Waals surface area contributed by atoms with E-state index in [1.165, 1.54) is 5.56 Å². The first-order valence-electron chi connectivity index (χ1n) is 8.99. The zero-order valence-electron chi connectivity index (χ0n) is 15.3. The molecule has 2 aromatic heterocycles. The van der Waals surface area contributed by atoms with Crippen molar-refractivity contribution in [3.8, 4) is 5.82 Å². The quantitative estimate of drug-likeness (QED) is 0.902. The molecule has 3 heterocycles. The topological polar surface area (TPSA) is 63.1 Å². The molecule has 3 rings (SSSR count). The van der Waals surface area contributed by atoms with Crippen LogP contribution in [0.3, 0.4) is 0 Å². The summed E-state index contributed by atoms with van der Waals surface area (Å²) in [4.78, 5) is 19.0. The van der Waals surface area contributed by atoms with Gasteiger partial charge in [0.25, 0.3) is 0 Å². The number of carbonyl (C=O) groups is 1. The molecule has 0 saturated carbocycles. The lowest BCUT2D eigenvalue weighted by molar-refractivity contribution is -0.126. The number of amides is 1. The van der Waals surface area contributed by atoms with Crippen molar-refractivity contribution in [3.63, 3.8) is 0 Å². The van der Waals surface area contributed by atoms with Crippen molar-refractivity contribution in [2.45, 2.75) is 33.1 Å². The number of carbonyl (C=O) groups excluding carboxylic acids is 1. The molecule has 2 aromatic rings. The molecular weight excluding hydrogens is 314 g/mol. The van der Waals surface area contributed by atoms with E-state index in [-0.39, 0.29) is 11.8 Å². The van der Waals surface area contributed by atoms with Crippen LogP contribution in [0.4, 0.5) is 0 Å². The molecule has 1 fully saturated rings. The fraction of sp³-hybridized carbons (Fsp3) is 0.526. The van der Waals surface area contributed by atoms with Gasteiger partial charge >= 0.3 is 0 Å². The predicted molar refractivity (Wildman–Crippen MR) is 97.8 cm³/mol. The third kappa shape index (κ3) is 4.07. The molecular formula is C19H27N5O. The number of nitrogens with one attached hydrogen (secondary N) is 1. The first kappa shape index (κ1) is 17.6. The number of likely N-dealkylation sites (tertiary alicyclic amines) is 1. The molecule has 0 aromatic carbocycles. The van der Waals surface area contributed by atoms with Crippen LogP contribution in [0, 0.1) is 19.8 Å². The average molecular weight is 341 g/mol. The highest BCUT2D eigenvalue weighted by molar-refractivity contribution is 5.78. The summed E-state index contributed by atoms with van der Waals surface area (Å²) in [5.74, 6) is 1.12. The number of hydrogen-bond acceptors (Lipinski definition) is 4. The van der Waals surface area contributed by atoms with E-state index in [0.29, 0.717) is 6.54 Å². The molecule has 1 N–H and O–H groups in total. The highest BCUT2D eigenvalue weighted by Gasteiger charge is 2.23. The Morgan fingerprint density at radius 3 is 2.92 bits per heavy atom. The first-order valence-corrected chi connectivity index (χ1v) is 8.99. The minimum absolute atomic E-state index is 0.122. The van der Waals surface area contributed by atoms with Crippen LogP contribution in [0.2, 0.25) is 0 Å². The number of nitrogens with zero attached hydrogens (tertiary/aromatic N) is 4. The minimum atomic E-state index is 0.122. The van der Waals surface area contributed by atoms with E-state index in [1.807, 2.05) is 29.8 Å². The van der Waals surface area contributed by atoms with Crippen LogP contribution >= 0.6 is 0 Å². The molecule has 6 nitrogen and oxygen atoms in total. The third-order valence-corrected chi connectivity index (χ3v) is 4.98. The van der Waals surface area contributed by atoms with Gasteiger partial charge in [0.2, 0.25) is 5.91 Å². The van der Waals surface area contributed by atoms with Gasteiger partial charge in [-0.2, -0.15) is 5.10 Å². The number of aryl methyl sites for hydroxylation is 1. The minimum Gasteiger partial charge on any atom is -0.355 e. The van der Waals surface area contributed by atoms with E-state index in [1.54, 1.807) is 6.20 Å². The van der Waals surface area contributed by atoms with Gasteiger partial charge in [-0.1, -0.05) is 6.07 Å². The van der Waals surface area contributed by atoms with Crippen molar-refractivity contribution in [2.75, 3.05) is 26.7 Å². The van der Waals surface area contributed by atoms with Gasteiger partial charge in [-0.15, -0.1) is 0 Å². The molecule has 0 spiro atoms. The lowest BCUT2D eigenvalue weighted by atomic mass is 9.97. The zero-order chi connectivity index (χ0) is 17.8. The van der Waals surface area contributed by atoms with Gasteiger partial charge in [-0.3, -0.25) is 4.79 Å². The van der Waals surface area contributed by atoms with E-state index >= 15 is 0 Å². The second kappa shape index (κ2) is 7.78. The normalized spacial score (nSPS) is 18.3. The largest absolute Gasteiger partial charge is 0.355 e. The second-order valence-electron chi connectivity index (χ2n) is 6.89. The standard InChI is InChI=1S/C19H27N5O/c1-14-17(15(2)24(22-14)18-8-4-5-10-20-18)9-11-21-19(25)16-7-6-12-23(3)13-16/h4-5,8,10,16H,6-7,9,11-13H2,1-3H3,(H,21,25). The summed E-state index contributed by atoms with van der Waals surface area (Å²) in [5.41, 5.74) is 3.27. The van der Waals surface area contributed by atoms with E-state index in [0.717, 1.165) is 49.6 Å². The molecule has 1 unspecified atom stereocenters. The van der Waals surface area contributed by atoms with Crippen LogP contribution in [0.5, 0.6) is 0 Å². The van der Waals surface area contributed by atoms with Crippen LogP contribution in [0.15, 0.2) is 24.4 Å².